The molecule has 0 saturated carbocycles. The van der Waals surface area contributed by atoms with Crippen LogP contribution in [0.3, 0.4) is 0 Å². The fourth-order valence-electron chi connectivity index (χ4n) is 2.49. The summed E-state index contributed by atoms with van der Waals surface area (Å²) in [6.07, 6.45) is -3.20. The molecule has 2 rings (SSSR count). The van der Waals surface area contributed by atoms with E-state index in [-0.39, 0.29) is 5.69 Å². The highest BCUT2D eigenvalue weighted by atomic mass is 19.4. The van der Waals surface area contributed by atoms with E-state index in [2.05, 4.69) is 5.10 Å². The van der Waals surface area contributed by atoms with Crippen molar-refractivity contribution in [3.63, 3.8) is 0 Å². The lowest BCUT2D eigenvalue weighted by atomic mass is 10.2. The highest BCUT2D eigenvalue weighted by Crippen LogP contribution is 2.34. The van der Waals surface area contributed by atoms with Gasteiger partial charge in [0.15, 0.2) is 5.69 Å². The number of amides is 1. The maximum absolute atomic E-state index is 13.6. The van der Waals surface area contributed by atoms with Gasteiger partial charge < -0.3 is 9.64 Å². The molecule has 136 valence electrons. The SMILES string of the molecule is COCCCN(C)C(=O)c1cnn(-c2cccc(C)c2)c1C(F)(F)F. The molecule has 0 radical (unpaired) electrons. The topological polar surface area (TPSA) is 47.4 Å². The van der Waals surface area contributed by atoms with Crippen LogP contribution < -0.4 is 0 Å². The molecule has 0 spiro atoms. The Morgan fingerprint density at radius 3 is 2.68 bits per heavy atom. The first-order valence-corrected chi connectivity index (χ1v) is 7.72. The van der Waals surface area contributed by atoms with Crippen LogP contribution in [-0.4, -0.2) is 47.9 Å². The molecule has 1 aromatic heterocycles. The first-order valence-electron chi connectivity index (χ1n) is 7.72. The van der Waals surface area contributed by atoms with E-state index >= 15 is 0 Å². The largest absolute Gasteiger partial charge is 0.434 e. The van der Waals surface area contributed by atoms with Crippen LogP contribution in [0.2, 0.25) is 0 Å². The third-order valence-corrected chi connectivity index (χ3v) is 3.70. The summed E-state index contributed by atoms with van der Waals surface area (Å²) in [7, 11) is 2.98. The van der Waals surface area contributed by atoms with Gasteiger partial charge in [-0.2, -0.15) is 18.3 Å². The van der Waals surface area contributed by atoms with Crippen molar-refractivity contribution in [2.24, 2.45) is 0 Å². The van der Waals surface area contributed by atoms with Crippen molar-refractivity contribution in [1.29, 1.82) is 0 Å². The molecular weight excluding hydrogens is 335 g/mol. The second kappa shape index (κ2) is 7.69. The summed E-state index contributed by atoms with van der Waals surface area (Å²) in [6, 6.07) is 6.52. The van der Waals surface area contributed by atoms with E-state index in [0.29, 0.717) is 19.6 Å². The lowest BCUT2D eigenvalue weighted by molar-refractivity contribution is -0.143. The predicted octanol–water partition coefficient (Wildman–Crippen LogP) is 3.31. The van der Waals surface area contributed by atoms with E-state index in [1.807, 2.05) is 0 Å². The number of ether oxygens (including phenoxy) is 1. The number of nitrogens with zero attached hydrogens (tertiary/aromatic N) is 3. The van der Waals surface area contributed by atoms with Crippen LogP contribution >= 0.6 is 0 Å². The average Bonchev–Trinajstić information content (AvgIpc) is 2.99. The number of alkyl halides is 3. The van der Waals surface area contributed by atoms with Crippen molar-refractivity contribution in [1.82, 2.24) is 14.7 Å². The molecule has 5 nitrogen and oxygen atoms in total. The van der Waals surface area contributed by atoms with Crippen molar-refractivity contribution in [3.05, 3.63) is 47.3 Å². The summed E-state index contributed by atoms with van der Waals surface area (Å²) < 4.78 is 46.5. The molecular formula is C17H20F3N3O2. The van der Waals surface area contributed by atoms with Crippen LogP contribution in [-0.2, 0) is 10.9 Å². The van der Waals surface area contributed by atoms with Gasteiger partial charge in [-0.3, -0.25) is 4.79 Å². The minimum atomic E-state index is -4.71. The van der Waals surface area contributed by atoms with E-state index in [9.17, 15) is 18.0 Å². The summed E-state index contributed by atoms with van der Waals surface area (Å²) in [5.74, 6) is -0.720. The number of carbonyl (C=O) groups excluding carboxylic acids is 1. The normalized spacial score (nSPS) is 11.6. The first kappa shape index (κ1) is 19.0. The smallest absolute Gasteiger partial charge is 0.385 e. The van der Waals surface area contributed by atoms with Gasteiger partial charge in [-0.05, 0) is 31.0 Å². The minimum absolute atomic E-state index is 0.258. The van der Waals surface area contributed by atoms with Crippen molar-refractivity contribution in [3.8, 4) is 5.69 Å². The van der Waals surface area contributed by atoms with Gasteiger partial charge in [0.1, 0.15) is 0 Å². The zero-order chi connectivity index (χ0) is 18.6. The highest BCUT2D eigenvalue weighted by Gasteiger charge is 2.41. The standard InChI is InChI=1S/C17H20F3N3O2/c1-12-6-4-7-13(10-12)23-15(17(18,19)20)14(11-21-23)16(24)22(2)8-5-9-25-3/h4,6-7,10-11H,5,8-9H2,1-3H3. The molecule has 1 amide bonds. The lowest BCUT2D eigenvalue weighted by Crippen LogP contribution is -2.30. The average molecular weight is 355 g/mol. The fourth-order valence-corrected chi connectivity index (χ4v) is 2.49. The quantitative estimate of drug-likeness (QED) is 0.747. The van der Waals surface area contributed by atoms with E-state index in [1.54, 1.807) is 25.1 Å². The Labute approximate surface area is 144 Å². The van der Waals surface area contributed by atoms with Crippen molar-refractivity contribution in [2.75, 3.05) is 27.3 Å². The zero-order valence-electron chi connectivity index (χ0n) is 14.3. The molecule has 0 fully saturated rings. The van der Waals surface area contributed by atoms with Gasteiger partial charge in [0.05, 0.1) is 17.4 Å². The first-order chi connectivity index (χ1) is 11.8. The second-order valence-electron chi connectivity index (χ2n) is 5.73. The van der Waals surface area contributed by atoms with Crippen LogP contribution in [0, 0.1) is 6.92 Å². The Morgan fingerprint density at radius 1 is 1.36 bits per heavy atom. The summed E-state index contributed by atoms with van der Waals surface area (Å²) in [5.41, 5.74) is -0.477. The molecule has 0 aliphatic rings. The summed E-state index contributed by atoms with van der Waals surface area (Å²) in [6.45, 7) is 2.49. The third kappa shape index (κ3) is 4.39. The van der Waals surface area contributed by atoms with E-state index < -0.39 is 23.3 Å². The molecule has 0 saturated heterocycles. The van der Waals surface area contributed by atoms with E-state index in [4.69, 9.17) is 4.74 Å². The molecule has 0 aliphatic carbocycles. The predicted molar refractivity (Wildman–Crippen MR) is 86.8 cm³/mol. The van der Waals surface area contributed by atoms with Gasteiger partial charge in [-0.15, -0.1) is 0 Å². The molecule has 8 heteroatoms. The van der Waals surface area contributed by atoms with Gasteiger partial charge >= 0.3 is 6.18 Å². The van der Waals surface area contributed by atoms with E-state index in [0.717, 1.165) is 16.4 Å². The van der Waals surface area contributed by atoms with E-state index in [1.165, 1.54) is 25.1 Å². The Balaban J connectivity index is 2.41. The van der Waals surface area contributed by atoms with Crippen LogP contribution in [0.25, 0.3) is 5.69 Å². The third-order valence-electron chi connectivity index (χ3n) is 3.70. The molecule has 2 aromatic rings. The Hall–Kier alpha value is -2.35. The molecule has 25 heavy (non-hydrogen) atoms. The van der Waals surface area contributed by atoms with Crippen molar-refractivity contribution >= 4 is 5.91 Å². The summed E-state index contributed by atoms with van der Waals surface area (Å²) in [4.78, 5) is 13.7. The molecule has 0 unspecified atom stereocenters. The number of methoxy groups -OCH3 is 1. The molecule has 0 aliphatic heterocycles. The number of benzene rings is 1. The number of rotatable bonds is 6. The Bertz CT molecular complexity index is 741. The molecule has 0 bridgehead atoms. The maximum Gasteiger partial charge on any atom is 0.434 e. The summed E-state index contributed by atoms with van der Waals surface area (Å²) >= 11 is 0. The Morgan fingerprint density at radius 2 is 2.08 bits per heavy atom. The maximum atomic E-state index is 13.6. The van der Waals surface area contributed by atoms with Gasteiger partial charge in [-0.25, -0.2) is 4.68 Å². The van der Waals surface area contributed by atoms with Crippen LogP contribution in [0.4, 0.5) is 13.2 Å². The zero-order valence-corrected chi connectivity index (χ0v) is 14.3. The van der Waals surface area contributed by atoms with Crippen molar-refractivity contribution in [2.45, 2.75) is 19.5 Å². The van der Waals surface area contributed by atoms with Gasteiger partial charge in [-0.1, -0.05) is 12.1 Å². The number of hydrogen-bond acceptors (Lipinski definition) is 3. The minimum Gasteiger partial charge on any atom is -0.385 e. The molecule has 0 atom stereocenters. The fraction of sp³-hybridized carbons (Fsp3) is 0.412. The second-order valence-corrected chi connectivity index (χ2v) is 5.73. The number of aryl methyl sites for hydroxylation is 1. The summed E-state index contributed by atoms with van der Waals surface area (Å²) in [5, 5.41) is 3.82. The number of halogens is 3. The molecule has 1 aromatic carbocycles. The van der Waals surface area contributed by atoms with Crippen LogP contribution in [0.15, 0.2) is 30.5 Å². The van der Waals surface area contributed by atoms with Crippen LogP contribution in [0.5, 0.6) is 0 Å². The van der Waals surface area contributed by atoms with Gasteiger partial charge in [0.2, 0.25) is 0 Å². The van der Waals surface area contributed by atoms with Crippen molar-refractivity contribution < 1.29 is 22.7 Å². The molecule has 1 heterocycles. The number of hydrogen-bond donors (Lipinski definition) is 0. The highest BCUT2D eigenvalue weighted by molar-refractivity contribution is 5.95. The lowest BCUT2D eigenvalue weighted by Gasteiger charge is -2.18. The number of aromatic nitrogens is 2. The monoisotopic (exact) mass is 355 g/mol. The number of carbonyl (C=O) groups is 1. The van der Waals surface area contributed by atoms with Crippen LogP contribution in [0.1, 0.15) is 28.0 Å². The Kier molecular flexibility index (Phi) is 5.84. The van der Waals surface area contributed by atoms with Gasteiger partial charge in [0, 0.05) is 27.3 Å². The molecule has 0 N–H and O–H groups in total. The van der Waals surface area contributed by atoms with Gasteiger partial charge in [0.25, 0.3) is 5.91 Å².